The van der Waals surface area contributed by atoms with E-state index in [0.29, 0.717) is 16.9 Å². The van der Waals surface area contributed by atoms with Gasteiger partial charge >= 0.3 is 0 Å². The lowest BCUT2D eigenvalue weighted by Gasteiger charge is -1.98. The van der Waals surface area contributed by atoms with Gasteiger partial charge in [-0.1, -0.05) is 11.6 Å². The Bertz CT molecular complexity index is 775. The second kappa shape index (κ2) is 4.86. The van der Waals surface area contributed by atoms with Crippen LogP contribution in [0.2, 0.25) is 0 Å². The molecule has 21 heavy (non-hydrogen) atoms. The molecule has 2 aromatic carbocycles. The second-order valence-corrected chi connectivity index (χ2v) is 4.79. The molecular formula is C16H11NO4. The molecule has 5 heteroatoms. The third kappa shape index (κ3) is 2.41. The molecular weight excluding hydrogens is 270 g/mol. The minimum atomic E-state index is -0.466. The smallest absolute Gasteiger partial charge is 0.269 e. The van der Waals surface area contributed by atoms with Gasteiger partial charge in [-0.05, 0) is 42.8 Å². The van der Waals surface area contributed by atoms with Crippen molar-refractivity contribution in [1.29, 1.82) is 0 Å². The van der Waals surface area contributed by atoms with E-state index in [-0.39, 0.29) is 17.2 Å². The van der Waals surface area contributed by atoms with E-state index in [1.165, 1.54) is 12.1 Å². The summed E-state index contributed by atoms with van der Waals surface area (Å²) in [4.78, 5) is 22.4. The van der Waals surface area contributed by atoms with Gasteiger partial charge in [-0.15, -0.1) is 0 Å². The maximum atomic E-state index is 12.2. The molecule has 1 aliphatic heterocycles. The fourth-order valence-electron chi connectivity index (χ4n) is 2.15. The minimum absolute atomic E-state index is 0.00901. The monoisotopic (exact) mass is 281 g/mol. The number of nitro benzene ring substituents is 1. The van der Waals surface area contributed by atoms with E-state index in [1.54, 1.807) is 30.3 Å². The molecule has 0 saturated carbocycles. The molecule has 0 atom stereocenters. The molecule has 5 nitrogen and oxygen atoms in total. The zero-order valence-corrected chi connectivity index (χ0v) is 11.2. The van der Waals surface area contributed by atoms with E-state index < -0.39 is 4.92 Å². The van der Waals surface area contributed by atoms with Crippen LogP contribution in [-0.2, 0) is 0 Å². The van der Waals surface area contributed by atoms with Crippen molar-refractivity contribution in [1.82, 2.24) is 0 Å². The lowest BCUT2D eigenvalue weighted by Crippen LogP contribution is -1.98. The van der Waals surface area contributed by atoms with Crippen molar-refractivity contribution < 1.29 is 14.5 Å². The Morgan fingerprint density at radius 3 is 2.52 bits per heavy atom. The molecule has 104 valence electrons. The third-order valence-corrected chi connectivity index (χ3v) is 3.23. The summed E-state index contributed by atoms with van der Waals surface area (Å²) < 4.78 is 5.53. The van der Waals surface area contributed by atoms with Crippen LogP contribution in [0, 0.1) is 17.0 Å². The fraction of sp³-hybridized carbons (Fsp3) is 0.0625. The maximum absolute atomic E-state index is 12.2. The number of aryl methyl sites for hydroxylation is 1. The van der Waals surface area contributed by atoms with E-state index in [0.717, 1.165) is 5.56 Å². The quantitative estimate of drug-likeness (QED) is 0.479. The number of carbonyl (C=O) groups is 1. The summed E-state index contributed by atoms with van der Waals surface area (Å²) in [5.41, 5.74) is 2.22. The highest BCUT2D eigenvalue weighted by Crippen LogP contribution is 2.32. The van der Waals surface area contributed by atoms with Gasteiger partial charge in [0, 0.05) is 12.1 Å². The summed E-state index contributed by atoms with van der Waals surface area (Å²) in [7, 11) is 0. The summed E-state index contributed by atoms with van der Waals surface area (Å²) >= 11 is 0. The van der Waals surface area contributed by atoms with Crippen LogP contribution in [0.25, 0.3) is 6.08 Å². The number of benzene rings is 2. The first-order valence-corrected chi connectivity index (χ1v) is 6.34. The van der Waals surface area contributed by atoms with Gasteiger partial charge in [0.1, 0.15) is 5.75 Å². The molecule has 0 fully saturated rings. The number of ketones is 1. The molecule has 0 radical (unpaired) electrons. The Hall–Kier alpha value is -2.95. The SMILES string of the molecule is Cc1ccc2c(c1)C(=O)/C(=C/c1ccc([N+](=O)[O-])cc1)O2. The predicted molar refractivity (Wildman–Crippen MR) is 77.2 cm³/mol. The van der Waals surface area contributed by atoms with Crippen LogP contribution in [0.3, 0.4) is 0 Å². The van der Waals surface area contributed by atoms with E-state index in [1.807, 2.05) is 13.0 Å². The highest BCUT2D eigenvalue weighted by molar-refractivity contribution is 6.14. The molecule has 0 amide bonds. The van der Waals surface area contributed by atoms with Crippen LogP contribution in [0.4, 0.5) is 5.69 Å². The average Bonchev–Trinajstić information content (AvgIpc) is 2.76. The van der Waals surface area contributed by atoms with Crippen molar-refractivity contribution in [2.24, 2.45) is 0 Å². The molecule has 1 heterocycles. The van der Waals surface area contributed by atoms with Crippen molar-refractivity contribution in [2.45, 2.75) is 6.92 Å². The van der Waals surface area contributed by atoms with Gasteiger partial charge < -0.3 is 4.74 Å². The number of carbonyl (C=O) groups excluding carboxylic acids is 1. The molecule has 0 aromatic heterocycles. The fourth-order valence-corrected chi connectivity index (χ4v) is 2.15. The summed E-state index contributed by atoms with van der Waals surface area (Å²) in [5, 5.41) is 10.6. The predicted octanol–water partition coefficient (Wildman–Crippen LogP) is 3.52. The number of fused-ring (bicyclic) bond motifs is 1. The van der Waals surface area contributed by atoms with Crippen molar-refractivity contribution in [3.8, 4) is 5.75 Å². The number of hydrogen-bond donors (Lipinski definition) is 0. The van der Waals surface area contributed by atoms with Crippen LogP contribution in [0.1, 0.15) is 21.5 Å². The van der Waals surface area contributed by atoms with Crippen LogP contribution in [0.5, 0.6) is 5.75 Å². The lowest BCUT2D eigenvalue weighted by molar-refractivity contribution is -0.384. The number of nitrogens with zero attached hydrogens (tertiary/aromatic N) is 1. The number of Topliss-reactive ketones (excluding diaryl/α,β-unsaturated/α-hetero) is 1. The highest BCUT2D eigenvalue weighted by Gasteiger charge is 2.27. The summed E-state index contributed by atoms with van der Waals surface area (Å²) in [6.45, 7) is 1.91. The highest BCUT2D eigenvalue weighted by atomic mass is 16.6. The number of nitro groups is 1. The Kier molecular flexibility index (Phi) is 3.02. The lowest BCUT2D eigenvalue weighted by atomic mass is 10.1. The third-order valence-electron chi connectivity index (χ3n) is 3.23. The van der Waals surface area contributed by atoms with Gasteiger partial charge in [-0.3, -0.25) is 14.9 Å². The summed E-state index contributed by atoms with van der Waals surface area (Å²) in [5.74, 6) is 0.593. The second-order valence-electron chi connectivity index (χ2n) is 4.79. The topological polar surface area (TPSA) is 69.4 Å². The molecule has 0 saturated heterocycles. The first kappa shape index (κ1) is 13.1. The van der Waals surface area contributed by atoms with E-state index in [4.69, 9.17) is 4.74 Å². The van der Waals surface area contributed by atoms with Gasteiger partial charge in [-0.2, -0.15) is 0 Å². The number of ether oxygens (including phenoxy) is 1. The first-order chi connectivity index (χ1) is 10.0. The molecule has 3 rings (SSSR count). The van der Waals surface area contributed by atoms with Crippen LogP contribution in [-0.4, -0.2) is 10.7 Å². The molecule has 2 aromatic rings. The molecule has 0 unspecified atom stereocenters. The van der Waals surface area contributed by atoms with Crippen LogP contribution < -0.4 is 4.74 Å². The van der Waals surface area contributed by atoms with Crippen molar-refractivity contribution in [3.05, 3.63) is 75.0 Å². The molecule has 0 spiro atoms. The Morgan fingerprint density at radius 2 is 1.86 bits per heavy atom. The molecule has 0 N–H and O–H groups in total. The van der Waals surface area contributed by atoms with Gasteiger partial charge in [0.05, 0.1) is 10.5 Å². The number of hydrogen-bond acceptors (Lipinski definition) is 4. The van der Waals surface area contributed by atoms with Crippen molar-refractivity contribution in [2.75, 3.05) is 0 Å². The Morgan fingerprint density at radius 1 is 1.14 bits per heavy atom. The van der Waals surface area contributed by atoms with Gasteiger partial charge in [0.25, 0.3) is 5.69 Å². The summed E-state index contributed by atoms with van der Waals surface area (Å²) in [6, 6.07) is 11.4. The first-order valence-electron chi connectivity index (χ1n) is 6.34. The molecule has 0 aliphatic carbocycles. The zero-order chi connectivity index (χ0) is 15.0. The molecule has 0 bridgehead atoms. The van der Waals surface area contributed by atoms with Crippen molar-refractivity contribution in [3.63, 3.8) is 0 Å². The van der Waals surface area contributed by atoms with Gasteiger partial charge in [0.2, 0.25) is 5.78 Å². The number of allylic oxidation sites excluding steroid dienone is 1. The number of rotatable bonds is 2. The van der Waals surface area contributed by atoms with Gasteiger partial charge in [-0.25, -0.2) is 0 Å². The maximum Gasteiger partial charge on any atom is 0.269 e. The normalized spacial score (nSPS) is 14.9. The van der Waals surface area contributed by atoms with Crippen LogP contribution in [0.15, 0.2) is 48.2 Å². The van der Waals surface area contributed by atoms with Crippen molar-refractivity contribution >= 4 is 17.5 Å². The van der Waals surface area contributed by atoms with Crippen LogP contribution >= 0.6 is 0 Å². The zero-order valence-electron chi connectivity index (χ0n) is 11.2. The Labute approximate surface area is 120 Å². The van der Waals surface area contributed by atoms with E-state index >= 15 is 0 Å². The van der Waals surface area contributed by atoms with E-state index in [9.17, 15) is 14.9 Å². The summed E-state index contributed by atoms with van der Waals surface area (Å²) in [6.07, 6.45) is 1.58. The van der Waals surface area contributed by atoms with E-state index in [2.05, 4.69) is 0 Å². The average molecular weight is 281 g/mol. The standard InChI is InChI=1S/C16H11NO4/c1-10-2-7-14-13(8-10)16(18)15(21-14)9-11-3-5-12(6-4-11)17(19)20/h2-9H,1H3/b15-9-. The van der Waals surface area contributed by atoms with Gasteiger partial charge in [0.15, 0.2) is 5.76 Å². The Balaban J connectivity index is 1.92. The minimum Gasteiger partial charge on any atom is -0.452 e. The number of non-ortho nitro benzene ring substituents is 1. The largest absolute Gasteiger partial charge is 0.452 e. The molecule has 1 aliphatic rings.